The van der Waals surface area contributed by atoms with Crippen molar-refractivity contribution >= 4 is 5.91 Å². The highest BCUT2D eigenvalue weighted by molar-refractivity contribution is 5.94. The lowest BCUT2D eigenvalue weighted by Gasteiger charge is -2.34. The first-order valence-corrected chi connectivity index (χ1v) is 12.3. The number of aliphatic hydroxyl groups is 1. The molecule has 4 rings (SSSR count). The Bertz CT molecular complexity index is 1000. The number of nitrogens with zero attached hydrogens (tertiary/aromatic N) is 4. The van der Waals surface area contributed by atoms with E-state index in [0.717, 1.165) is 32.4 Å². The molecule has 0 radical (unpaired) electrons. The molecule has 0 bridgehead atoms. The van der Waals surface area contributed by atoms with Gasteiger partial charge in [0, 0.05) is 30.8 Å². The molecule has 7 nitrogen and oxygen atoms in total. The minimum Gasteiger partial charge on any atom is -0.476 e. The Hall–Kier alpha value is -2.65. The molecule has 1 aromatic heterocycles. The Morgan fingerprint density at radius 2 is 1.94 bits per heavy atom. The number of aliphatic hydroxyl groups excluding tert-OH is 1. The molecule has 2 aliphatic heterocycles. The average Bonchev–Trinajstić information content (AvgIpc) is 2.82. The number of rotatable bonds is 7. The normalized spacial score (nSPS) is 20.1. The van der Waals surface area contributed by atoms with Gasteiger partial charge in [-0.25, -0.2) is 18.7 Å². The highest BCUT2D eigenvalue weighted by Crippen LogP contribution is 2.25. The number of benzene rings is 1. The van der Waals surface area contributed by atoms with Crippen LogP contribution in [0.3, 0.4) is 0 Å². The lowest BCUT2D eigenvalue weighted by molar-refractivity contribution is 0.0473. The van der Waals surface area contributed by atoms with Crippen LogP contribution < -0.4 is 4.74 Å². The highest BCUT2D eigenvalue weighted by Gasteiger charge is 2.26. The van der Waals surface area contributed by atoms with Crippen LogP contribution in [0.2, 0.25) is 0 Å². The summed E-state index contributed by atoms with van der Waals surface area (Å²) in [5.41, 5.74) is -0.339. The van der Waals surface area contributed by atoms with E-state index in [-0.39, 0.29) is 23.6 Å². The summed E-state index contributed by atoms with van der Waals surface area (Å²) in [7, 11) is 0. The number of aromatic nitrogens is 2. The van der Waals surface area contributed by atoms with Crippen molar-refractivity contribution in [1.82, 2.24) is 19.8 Å². The van der Waals surface area contributed by atoms with E-state index in [1.165, 1.54) is 24.5 Å². The topological polar surface area (TPSA) is 78.8 Å². The van der Waals surface area contributed by atoms with Gasteiger partial charge in [0.15, 0.2) is 0 Å². The summed E-state index contributed by atoms with van der Waals surface area (Å²) in [6.45, 7) is 6.69. The fraction of sp³-hybridized carbons (Fsp3) is 0.577. The van der Waals surface area contributed by atoms with Crippen molar-refractivity contribution in [3.05, 3.63) is 42.0 Å². The zero-order valence-electron chi connectivity index (χ0n) is 20.4. The third-order valence-electron chi connectivity index (χ3n) is 6.58. The summed E-state index contributed by atoms with van der Waals surface area (Å²) >= 11 is 0. The fourth-order valence-corrected chi connectivity index (χ4v) is 4.75. The highest BCUT2D eigenvalue weighted by atomic mass is 19.1. The first-order valence-electron chi connectivity index (χ1n) is 12.3. The van der Waals surface area contributed by atoms with Gasteiger partial charge in [0.25, 0.3) is 5.91 Å². The van der Waals surface area contributed by atoms with Gasteiger partial charge >= 0.3 is 0 Å². The van der Waals surface area contributed by atoms with Gasteiger partial charge in [0.2, 0.25) is 5.88 Å². The molecule has 2 fully saturated rings. The summed E-state index contributed by atoms with van der Waals surface area (Å²) in [5.74, 6) is -0.0983. The van der Waals surface area contributed by atoms with Crippen LogP contribution in [0.15, 0.2) is 30.6 Å². The van der Waals surface area contributed by atoms with E-state index < -0.39 is 17.6 Å². The molecule has 1 atom stereocenters. The van der Waals surface area contributed by atoms with Gasteiger partial charge in [-0.15, -0.1) is 0 Å². The zero-order chi connectivity index (χ0) is 25.0. The summed E-state index contributed by atoms with van der Waals surface area (Å²) in [6, 6.07) is 4.31. The Balaban J connectivity index is 1.30. The number of amides is 1. The van der Waals surface area contributed by atoms with Gasteiger partial charge in [0.1, 0.15) is 11.5 Å². The van der Waals surface area contributed by atoms with E-state index in [2.05, 4.69) is 14.9 Å². The van der Waals surface area contributed by atoms with Crippen molar-refractivity contribution in [2.24, 2.45) is 5.92 Å². The molecule has 1 amide bonds. The fourth-order valence-electron chi connectivity index (χ4n) is 4.75. The van der Waals surface area contributed by atoms with Crippen LogP contribution in [0.25, 0.3) is 11.3 Å². The average molecular weight is 489 g/mol. The van der Waals surface area contributed by atoms with Gasteiger partial charge in [-0.2, -0.15) is 0 Å². The van der Waals surface area contributed by atoms with Crippen molar-refractivity contribution in [3.63, 3.8) is 0 Å². The molecule has 9 heteroatoms. The maximum Gasteiger partial charge on any atom is 0.254 e. The van der Waals surface area contributed by atoms with E-state index >= 15 is 0 Å². The second kappa shape index (κ2) is 11.0. The van der Waals surface area contributed by atoms with Crippen LogP contribution in [-0.2, 0) is 0 Å². The monoisotopic (exact) mass is 488 g/mol. The number of halogens is 2. The zero-order valence-corrected chi connectivity index (χ0v) is 20.4. The van der Waals surface area contributed by atoms with E-state index in [0.29, 0.717) is 43.6 Å². The molecule has 2 aromatic rings. The van der Waals surface area contributed by atoms with Gasteiger partial charge in [-0.1, -0.05) is 0 Å². The molecule has 2 saturated heterocycles. The lowest BCUT2D eigenvalue weighted by atomic mass is 9.97. The largest absolute Gasteiger partial charge is 0.476 e. The predicted molar refractivity (Wildman–Crippen MR) is 128 cm³/mol. The van der Waals surface area contributed by atoms with Gasteiger partial charge in [-0.3, -0.25) is 4.79 Å². The minimum atomic E-state index is -1.19. The van der Waals surface area contributed by atoms with Crippen molar-refractivity contribution in [2.45, 2.75) is 51.3 Å². The number of β-amino-alcohol motifs (C(OH)–C–C–N with tert-alkyl or cyclic N) is 1. The maximum atomic E-state index is 14.8. The lowest BCUT2D eigenvalue weighted by Crippen LogP contribution is -2.42. The van der Waals surface area contributed by atoms with E-state index in [1.54, 1.807) is 24.8 Å². The number of hydrogen-bond donors (Lipinski definition) is 1. The smallest absolute Gasteiger partial charge is 0.254 e. The molecule has 1 aromatic carbocycles. The summed E-state index contributed by atoms with van der Waals surface area (Å²) in [6.07, 6.45) is 5.69. The molecule has 3 heterocycles. The number of hydrogen-bond acceptors (Lipinski definition) is 6. The van der Waals surface area contributed by atoms with Crippen LogP contribution in [0.4, 0.5) is 8.78 Å². The van der Waals surface area contributed by atoms with E-state index in [4.69, 9.17) is 4.74 Å². The second-order valence-corrected chi connectivity index (χ2v) is 10.2. The second-order valence-electron chi connectivity index (χ2n) is 10.2. The molecular formula is C26H34F2N4O3. The number of carbonyl (C=O) groups is 1. The molecule has 0 aliphatic carbocycles. The number of carbonyl (C=O) groups excluding carboxylic acids is 1. The van der Waals surface area contributed by atoms with Gasteiger partial charge in [-0.05, 0) is 76.7 Å². The minimum absolute atomic E-state index is 0.245. The van der Waals surface area contributed by atoms with Crippen molar-refractivity contribution in [2.75, 3.05) is 39.3 Å². The maximum absolute atomic E-state index is 14.8. The van der Waals surface area contributed by atoms with Crippen LogP contribution >= 0.6 is 0 Å². The van der Waals surface area contributed by atoms with Crippen LogP contribution in [0, 0.1) is 11.7 Å². The number of likely N-dealkylation sites (tertiary alicyclic amines) is 2. The molecule has 0 saturated carbocycles. The Labute approximate surface area is 205 Å². The molecule has 2 aliphatic rings. The number of alkyl halides is 1. The first kappa shape index (κ1) is 25.4. The van der Waals surface area contributed by atoms with Crippen LogP contribution in [0.1, 0.15) is 49.9 Å². The SMILES string of the molecule is CC(C)(F)CN1CCC(COc2cnc(-c3ccc(C(=O)N4CCC[C@@H](O)C4)cc3F)cn2)CC1. The summed E-state index contributed by atoms with van der Waals surface area (Å²) in [4.78, 5) is 24.9. The third-order valence-corrected chi connectivity index (χ3v) is 6.58. The van der Waals surface area contributed by atoms with Crippen molar-refractivity contribution in [1.29, 1.82) is 0 Å². The predicted octanol–water partition coefficient (Wildman–Crippen LogP) is 3.72. The van der Waals surface area contributed by atoms with E-state index in [1.807, 2.05) is 0 Å². The molecule has 1 N–H and O–H groups in total. The Morgan fingerprint density at radius 1 is 1.17 bits per heavy atom. The van der Waals surface area contributed by atoms with Crippen molar-refractivity contribution in [3.8, 4) is 17.1 Å². The van der Waals surface area contributed by atoms with Gasteiger partial charge in [0.05, 0.1) is 30.8 Å². The van der Waals surface area contributed by atoms with Crippen LogP contribution in [0.5, 0.6) is 5.88 Å². The third kappa shape index (κ3) is 6.95. The van der Waals surface area contributed by atoms with Crippen molar-refractivity contribution < 1.29 is 23.4 Å². The summed E-state index contributed by atoms with van der Waals surface area (Å²) in [5, 5.41) is 9.80. The molecule has 0 unspecified atom stereocenters. The molecule has 35 heavy (non-hydrogen) atoms. The van der Waals surface area contributed by atoms with E-state index in [9.17, 15) is 18.7 Å². The standard InChI is InChI=1S/C26H34F2N4O3/c1-26(2,28)17-31-10-7-18(8-11-31)16-35-24-14-29-23(13-30-24)21-6-5-19(12-22(21)27)25(34)32-9-3-4-20(33)15-32/h5-6,12-14,18,20,33H,3-4,7-11,15-17H2,1-2H3/t20-/m1/s1. The van der Waals surface area contributed by atoms with Crippen LogP contribution in [-0.4, -0.2) is 81.9 Å². The summed E-state index contributed by atoms with van der Waals surface area (Å²) < 4.78 is 34.5. The Morgan fingerprint density at radius 3 is 2.57 bits per heavy atom. The number of ether oxygens (including phenoxy) is 1. The quantitative estimate of drug-likeness (QED) is 0.640. The molecule has 0 spiro atoms. The van der Waals surface area contributed by atoms with Gasteiger partial charge < -0.3 is 19.6 Å². The molecular weight excluding hydrogens is 454 g/mol. The first-order chi connectivity index (χ1) is 16.7. The number of piperidine rings is 2. The Kier molecular flexibility index (Phi) is 7.96. The molecule has 190 valence electrons.